The lowest BCUT2D eigenvalue weighted by molar-refractivity contribution is 0.410. The van der Waals surface area contributed by atoms with Crippen LogP contribution in [0.1, 0.15) is 22.0 Å². The zero-order chi connectivity index (χ0) is 13.8. The van der Waals surface area contributed by atoms with E-state index in [9.17, 15) is 0 Å². The Morgan fingerprint density at radius 2 is 2.16 bits per heavy atom. The van der Waals surface area contributed by atoms with Crippen molar-refractivity contribution in [1.82, 2.24) is 5.43 Å². The van der Waals surface area contributed by atoms with Crippen LogP contribution in [0.25, 0.3) is 0 Å². The van der Waals surface area contributed by atoms with Crippen molar-refractivity contribution in [1.29, 1.82) is 0 Å². The highest BCUT2D eigenvalue weighted by atomic mass is 35.5. The predicted octanol–water partition coefficient (Wildman–Crippen LogP) is 3.47. The van der Waals surface area contributed by atoms with Gasteiger partial charge in [0.2, 0.25) is 0 Å². The van der Waals surface area contributed by atoms with E-state index in [2.05, 4.69) is 11.5 Å². The van der Waals surface area contributed by atoms with Crippen LogP contribution in [0.15, 0.2) is 30.3 Å². The fourth-order valence-corrected chi connectivity index (χ4v) is 3.12. The Balaban J connectivity index is 2.21. The quantitative estimate of drug-likeness (QED) is 0.656. The normalized spacial score (nSPS) is 12.4. The van der Waals surface area contributed by atoms with Gasteiger partial charge in [0.1, 0.15) is 5.75 Å². The van der Waals surface area contributed by atoms with E-state index >= 15 is 0 Å². The van der Waals surface area contributed by atoms with E-state index in [0.29, 0.717) is 0 Å². The summed E-state index contributed by atoms with van der Waals surface area (Å²) in [6, 6.07) is 10.1. The lowest BCUT2D eigenvalue weighted by atomic mass is 10.0. The number of halogens is 1. The standard InChI is InChI=1S/C14H17ClN2OS/c1-9-3-4-10(7-13(9)18-2)12(17-16)8-11-5-6-14(15)19-11/h3-7,12,17H,8,16H2,1-2H3. The van der Waals surface area contributed by atoms with Gasteiger partial charge in [-0.1, -0.05) is 23.7 Å². The van der Waals surface area contributed by atoms with Crippen LogP contribution in [0, 0.1) is 6.92 Å². The van der Waals surface area contributed by atoms with Crippen molar-refractivity contribution in [3.63, 3.8) is 0 Å². The number of hydrogen-bond acceptors (Lipinski definition) is 4. The van der Waals surface area contributed by atoms with Crippen molar-refractivity contribution in [3.05, 3.63) is 50.7 Å². The number of aryl methyl sites for hydroxylation is 1. The molecule has 0 saturated carbocycles. The van der Waals surface area contributed by atoms with Crippen molar-refractivity contribution >= 4 is 22.9 Å². The number of hydrogen-bond donors (Lipinski definition) is 2. The summed E-state index contributed by atoms with van der Waals surface area (Å²) in [4.78, 5) is 1.20. The minimum absolute atomic E-state index is 0.0456. The molecule has 3 N–H and O–H groups in total. The number of nitrogens with two attached hydrogens (primary N) is 1. The number of rotatable bonds is 5. The average molecular weight is 297 g/mol. The summed E-state index contributed by atoms with van der Waals surface area (Å²) in [5.74, 6) is 6.55. The van der Waals surface area contributed by atoms with Crippen LogP contribution in [0.4, 0.5) is 0 Å². The molecule has 0 aliphatic rings. The van der Waals surface area contributed by atoms with Crippen molar-refractivity contribution < 1.29 is 4.74 Å². The number of methoxy groups -OCH3 is 1. The maximum absolute atomic E-state index is 5.95. The minimum Gasteiger partial charge on any atom is -0.496 e. The average Bonchev–Trinajstić information content (AvgIpc) is 2.82. The molecule has 0 spiro atoms. The Hall–Kier alpha value is -1.07. The molecule has 3 nitrogen and oxygen atoms in total. The van der Waals surface area contributed by atoms with Crippen LogP contribution < -0.4 is 16.0 Å². The first kappa shape index (κ1) is 14.3. The Kier molecular flexibility index (Phi) is 4.82. The molecular weight excluding hydrogens is 280 g/mol. The summed E-state index contributed by atoms with van der Waals surface area (Å²) < 4.78 is 6.15. The van der Waals surface area contributed by atoms with E-state index in [1.165, 1.54) is 4.88 Å². The Labute approximate surface area is 122 Å². The van der Waals surface area contributed by atoms with E-state index in [-0.39, 0.29) is 6.04 Å². The zero-order valence-corrected chi connectivity index (χ0v) is 12.5. The largest absolute Gasteiger partial charge is 0.496 e. The van der Waals surface area contributed by atoms with E-state index in [1.807, 2.05) is 31.2 Å². The van der Waals surface area contributed by atoms with Gasteiger partial charge >= 0.3 is 0 Å². The van der Waals surface area contributed by atoms with Gasteiger partial charge in [-0.15, -0.1) is 11.3 Å². The number of thiophene rings is 1. The van der Waals surface area contributed by atoms with Gasteiger partial charge in [0, 0.05) is 11.3 Å². The van der Waals surface area contributed by atoms with Gasteiger partial charge in [0.05, 0.1) is 17.5 Å². The minimum atomic E-state index is 0.0456. The summed E-state index contributed by atoms with van der Waals surface area (Å²) in [5.41, 5.74) is 5.07. The topological polar surface area (TPSA) is 47.3 Å². The maximum atomic E-state index is 5.95. The highest BCUT2D eigenvalue weighted by molar-refractivity contribution is 7.16. The first-order valence-corrected chi connectivity index (χ1v) is 7.18. The van der Waals surface area contributed by atoms with Crippen molar-refractivity contribution in [2.45, 2.75) is 19.4 Å². The summed E-state index contributed by atoms with van der Waals surface area (Å²) in [6.45, 7) is 2.02. The molecule has 1 aromatic carbocycles. The molecular formula is C14H17ClN2OS. The molecule has 0 aliphatic carbocycles. The van der Waals surface area contributed by atoms with E-state index in [0.717, 1.165) is 27.6 Å². The predicted molar refractivity (Wildman–Crippen MR) is 80.8 cm³/mol. The van der Waals surface area contributed by atoms with Crippen LogP contribution in [-0.2, 0) is 6.42 Å². The second-order valence-electron chi connectivity index (χ2n) is 4.36. The van der Waals surface area contributed by atoms with E-state index in [4.69, 9.17) is 22.2 Å². The molecule has 2 rings (SSSR count). The zero-order valence-electron chi connectivity index (χ0n) is 10.9. The van der Waals surface area contributed by atoms with Crippen molar-refractivity contribution in [2.75, 3.05) is 7.11 Å². The molecule has 0 saturated heterocycles. The third-order valence-electron chi connectivity index (χ3n) is 3.07. The first-order chi connectivity index (χ1) is 9.13. The fraction of sp³-hybridized carbons (Fsp3) is 0.286. The molecule has 1 unspecified atom stereocenters. The second kappa shape index (κ2) is 6.39. The summed E-state index contributed by atoms with van der Waals surface area (Å²) in [5, 5.41) is 0. The molecule has 0 bridgehead atoms. The lowest BCUT2D eigenvalue weighted by Crippen LogP contribution is -2.29. The molecule has 19 heavy (non-hydrogen) atoms. The van der Waals surface area contributed by atoms with Gasteiger partial charge in [-0.3, -0.25) is 11.3 Å². The Morgan fingerprint density at radius 1 is 1.37 bits per heavy atom. The van der Waals surface area contributed by atoms with Crippen molar-refractivity contribution in [2.24, 2.45) is 5.84 Å². The van der Waals surface area contributed by atoms with Crippen LogP contribution in [0.2, 0.25) is 4.34 Å². The molecule has 1 atom stereocenters. The molecule has 1 heterocycles. The third kappa shape index (κ3) is 3.48. The molecule has 2 aromatic rings. The summed E-state index contributed by atoms with van der Waals surface area (Å²) in [6.07, 6.45) is 0.806. The Bertz CT molecular complexity index is 556. The lowest BCUT2D eigenvalue weighted by Gasteiger charge is -2.17. The van der Waals surface area contributed by atoms with Crippen LogP contribution in [0.3, 0.4) is 0 Å². The first-order valence-electron chi connectivity index (χ1n) is 5.99. The molecule has 1 aromatic heterocycles. The molecule has 5 heteroatoms. The third-order valence-corrected chi connectivity index (χ3v) is 4.32. The number of hydrazine groups is 1. The van der Waals surface area contributed by atoms with Crippen LogP contribution in [0.5, 0.6) is 5.75 Å². The van der Waals surface area contributed by atoms with Gasteiger partial charge < -0.3 is 4.74 Å². The highest BCUT2D eigenvalue weighted by Crippen LogP contribution is 2.28. The molecule has 0 fully saturated rings. The van der Waals surface area contributed by atoms with Gasteiger partial charge in [0.15, 0.2) is 0 Å². The summed E-state index contributed by atoms with van der Waals surface area (Å²) >= 11 is 7.53. The van der Waals surface area contributed by atoms with Gasteiger partial charge in [-0.05, 0) is 36.2 Å². The van der Waals surface area contributed by atoms with E-state index in [1.54, 1.807) is 18.4 Å². The molecule has 102 valence electrons. The molecule has 0 aliphatic heterocycles. The van der Waals surface area contributed by atoms with E-state index < -0.39 is 0 Å². The van der Waals surface area contributed by atoms with Crippen LogP contribution in [-0.4, -0.2) is 7.11 Å². The van der Waals surface area contributed by atoms with Gasteiger partial charge in [-0.2, -0.15) is 0 Å². The number of nitrogens with one attached hydrogen (secondary N) is 1. The Morgan fingerprint density at radius 3 is 2.74 bits per heavy atom. The number of ether oxygens (including phenoxy) is 1. The summed E-state index contributed by atoms with van der Waals surface area (Å²) in [7, 11) is 1.68. The molecule has 0 radical (unpaired) electrons. The molecule has 0 amide bonds. The maximum Gasteiger partial charge on any atom is 0.122 e. The second-order valence-corrected chi connectivity index (χ2v) is 6.16. The van der Waals surface area contributed by atoms with Gasteiger partial charge in [0.25, 0.3) is 0 Å². The van der Waals surface area contributed by atoms with Gasteiger partial charge in [-0.25, -0.2) is 0 Å². The number of benzene rings is 1. The highest BCUT2D eigenvalue weighted by Gasteiger charge is 2.13. The monoisotopic (exact) mass is 296 g/mol. The smallest absolute Gasteiger partial charge is 0.122 e. The van der Waals surface area contributed by atoms with Crippen LogP contribution >= 0.6 is 22.9 Å². The van der Waals surface area contributed by atoms with Crippen molar-refractivity contribution in [3.8, 4) is 5.75 Å². The fourth-order valence-electron chi connectivity index (χ4n) is 1.99. The SMILES string of the molecule is COc1cc(C(Cc2ccc(Cl)s2)NN)ccc1C.